The largest absolute Gasteiger partial charge is 0.469 e. The van der Waals surface area contributed by atoms with Gasteiger partial charge in [-0.1, -0.05) is 0 Å². The zero-order chi connectivity index (χ0) is 15.5. The van der Waals surface area contributed by atoms with Crippen molar-refractivity contribution in [2.75, 3.05) is 25.2 Å². The Balaban J connectivity index is 1.74. The van der Waals surface area contributed by atoms with Gasteiger partial charge in [-0.3, -0.25) is 9.69 Å². The molecule has 0 saturated carbocycles. The Morgan fingerprint density at radius 3 is 3.27 bits per heavy atom. The minimum Gasteiger partial charge on any atom is -0.469 e. The molecular weight excluding hydrogens is 307 g/mol. The van der Waals surface area contributed by atoms with E-state index in [0.29, 0.717) is 30.0 Å². The summed E-state index contributed by atoms with van der Waals surface area (Å²) in [4.78, 5) is 18.1. The summed E-state index contributed by atoms with van der Waals surface area (Å²) in [7, 11) is 1.40. The van der Waals surface area contributed by atoms with Crippen LogP contribution in [-0.4, -0.2) is 47.1 Å². The van der Waals surface area contributed by atoms with E-state index in [1.165, 1.54) is 19.2 Å². The lowest BCUT2D eigenvalue weighted by Crippen LogP contribution is -2.43. The normalized spacial score (nSPS) is 19.5. The molecule has 1 fully saturated rings. The van der Waals surface area contributed by atoms with Crippen LogP contribution in [0.25, 0.3) is 11.1 Å². The van der Waals surface area contributed by atoms with Crippen LogP contribution in [-0.2, 0) is 16.1 Å². The summed E-state index contributed by atoms with van der Waals surface area (Å²) in [5.74, 6) is 1.88. The fourth-order valence-corrected chi connectivity index (χ4v) is 3.68. The Labute approximate surface area is 131 Å². The quantitative estimate of drug-likeness (QED) is 0.805. The van der Waals surface area contributed by atoms with Crippen molar-refractivity contribution in [3.05, 3.63) is 29.9 Å². The number of carbonyl (C=O) groups excluding carboxylic acids is 1. The van der Waals surface area contributed by atoms with Crippen LogP contribution < -0.4 is 0 Å². The standard InChI is InChI=1S/C15H17FN2O3S/c1-20-15(19)7-11-9-22-5-4-18(11)8-14-17-12-3-2-10(16)6-13(12)21-14/h2-3,6,11H,4-5,7-9H2,1H3/t11-/m0/s1. The molecule has 3 rings (SSSR count). The molecule has 1 aliphatic heterocycles. The molecule has 1 aromatic heterocycles. The third-order valence-corrected chi connectivity index (χ3v) is 4.80. The van der Waals surface area contributed by atoms with Gasteiger partial charge in [-0.05, 0) is 12.1 Å². The Bertz CT molecular complexity index is 676. The van der Waals surface area contributed by atoms with Gasteiger partial charge in [0.2, 0.25) is 5.89 Å². The number of rotatable bonds is 4. The zero-order valence-corrected chi connectivity index (χ0v) is 13.1. The van der Waals surface area contributed by atoms with Crippen LogP contribution in [0.1, 0.15) is 12.3 Å². The van der Waals surface area contributed by atoms with Crippen LogP contribution in [0.2, 0.25) is 0 Å². The van der Waals surface area contributed by atoms with Gasteiger partial charge >= 0.3 is 5.97 Å². The van der Waals surface area contributed by atoms with E-state index in [0.717, 1.165) is 18.1 Å². The lowest BCUT2D eigenvalue weighted by Gasteiger charge is -2.33. The summed E-state index contributed by atoms with van der Waals surface area (Å²) in [6.07, 6.45) is 0.359. The highest BCUT2D eigenvalue weighted by Gasteiger charge is 2.26. The van der Waals surface area contributed by atoms with Gasteiger partial charge in [-0.2, -0.15) is 11.8 Å². The molecule has 0 radical (unpaired) electrons. The van der Waals surface area contributed by atoms with Gasteiger partial charge in [0.1, 0.15) is 11.3 Å². The molecule has 5 nitrogen and oxygen atoms in total. The van der Waals surface area contributed by atoms with Crippen LogP contribution >= 0.6 is 11.8 Å². The maximum absolute atomic E-state index is 13.2. The molecule has 1 aliphatic rings. The second kappa shape index (κ2) is 6.66. The molecule has 22 heavy (non-hydrogen) atoms. The summed E-state index contributed by atoms with van der Waals surface area (Å²) in [6, 6.07) is 4.42. The number of carbonyl (C=O) groups is 1. The number of ether oxygens (including phenoxy) is 1. The van der Waals surface area contributed by atoms with Crippen molar-refractivity contribution in [3.8, 4) is 0 Å². The molecule has 0 spiro atoms. The van der Waals surface area contributed by atoms with E-state index in [4.69, 9.17) is 9.15 Å². The summed E-state index contributed by atoms with van der Waals surface area (Å²) >= 11 is 1.83. The highest BCUT2D eigenvalue weighted by atomic mass is 32.2. The molecule has 7 heteroatoms. The minimum atomic E-state index is -0.340. The Kier molecular flexibility index (Phi) is 4.63. The second-order valence-corrected chi connectivity index (χ2v) is 6.35. The first kappa shape index (κ1) is 15.3. The fraction of sp³-hybridized carbons (Fsp3) is 0.467. The van der Waals surface area contributed by atoms with Crippen LogP contribution in [0.5, 0.6) is 0 Å². The summed E-state index contributed by atoms with van der Waals surface area (Å²) < 4.78 is 23.6. The van der Waals surface area contributed by atoms with E-state index >= 15 is 0 Å². The predicted octanol–water partition coefficient (Wildman–Crippen LogP) is 2.45. The van der Waals surface area contributed by atoms with E-state index in [9.17, 15) is 9.18 Å². The highest BCUT2D eigenvalue weighted by molar-refractivity contribution is 7.99. The SMILES string of the molecule is COC(=O)C[C@H]1CSCCN1Cc1nc2ccc(F)cc2o1. The van der Waals surface area contributed by atoms with Gasteiger partial charge < -0.3 is 9.15 Å². The van der Waals surface area contributed by atoms with E-state index < -0.39 is 0 Å². The lowest BCUT2D eigenvalue weighted by atomic mass is 10.2. The van der Waals surface area contributed by atoms with E-state index in [2.05, 4.69) is 9.88 Å². The van der Waals surface area contributed by atoms with Crippen molar-refractivity contribution in [2.45, 2.75) is 19.0 Å². The van der Waals surface area contributed by atoms with Crippen LogP contribution in [0.3, 0.4) is 0 Å². The van der Waals surface area contributed by atoms with Crippen LogP contribution in [0.4, 0.5) is 4.39 Å². The lowest BCUT2D eigenvalue weighted by molar-refractivity contribution is -0.142. The number of nitrogens with zero attached hydrogens (tertiary/aromatic N) is 2. The summed E-state index contributed by atoms with van der Waals surface area (Å²) in [6.45, 7) is 1.37. The maximum Gasteiger partial charge on any atom is 0.307 e. The van der Waals surface area contributed by atoms with Crippen molar-refractivity contribution in [1.82, 2.24) is 9.88 Å². The number of aromatic nitrogens is 1. The number of halogens is 1. The minimum absolute atomic E-state index is 0.109. The van der Waals surface area contributed by atoms with Gasteiger partial charge in [0.15, 0.2) is 5.58 Å². The van der Waals surface area contributed by atoms with Gasteiger partial charge in [0, 0.05) is 30.2 Å². The molecular formula is C15H17FN2O3S. The van der Waals surface area contributed by atoms with Gasteiger partial charge in [0.05, 0.1) is 20.1 Å². The first-order chi connectivity index (χ1) is 10.7. The van der Waals surface area contributed by atoms with Gasteiger partial charge in [-0.25, -0.2) is 9.37 Å². The van der Waals surface area contributed by atoms with Crippen molar-refractivity contribution in [1.29, 1.82) is 0 Å². The fourth-order valence-electron chi connectivity index (χ4n) is 2.55. The predicted molar refractivity (Wildman–Crippen MR) is 82.1 cm³/mol. The smallest absolute Gasteiger partial charge is 0.307 e. The van der Waals surface area contributed by atoms with Gasteiger partial charge in [-0.15, -0.1) is 0 Å². The number of fused-ring (bicyclic) bond motifs is 1. The number of benzene rings is 1. The monoisotopic (exact) mass is 324 g/mol. The zero-order valence-electron chi connectivity index (χ0n) is 12.3. The topological polar surface area (TPSA) is 55.6 Å². The third kappa shape index (κ3) is 3.41. The number of oxazole rings is 1. The summed E-state index contributed by atoms with van der Waals surface area (Å²) in [5.41, 5.74) is 1.10. The molecule has 2 aromatic rings. The molecule has 1 atom stereocenters. The molecule has 0 N–H and O–H groups in total. The Morgan fingerprint density at radius 2 is 2.45 bits per heavy atom. The number of hydrogen-bond acceptors (Lipinski definition) is 6. The second-order valence-electron chi connectivity index (χ2n) is 5.20. The van der Waals surface area contributed by atoms with E-state index in [1.807, 2.05) is 11.8 Å². The molecule has 0 bridgehead atoms. The molecule has 0 unspecified atom stereocenters. The number of hydrogen-bond donors (Lipinski definition) is 0. The average molecular weight is 324 g/mol. The van der Waals surface area contributed by atoms with Crippen molar-refractivity contribution >= 4 is 28.8 Å². The average Bonchev–Trinajstić information content (AvgIpc) is 2.90. The van der Waals surface area contributed by atoms with Crippen LogP contribution in [0, 0.1) is 5.82 Å². The van der Waals surface area contributed by atoms with E-state index in [-0.39, 0.29) is 17.8 Å². The Morgan fingerprint density at radius 1 is 1.59 bits per heavy atom. The molecule has 2 heterocycles. The molecule has 1 saturated heterocycles. The highest BCUT2D eigenvalue weighted by Crippen LogP contribution is 2.23. The molecule has 0 aliphatic carbocycles. The first-order valence-electron chi connectivity index (χ1n) is 7.09. The number of thioether (sulfide) groups is 1. The molecule has 0 amide bonds. The van der Waals surface area contributed by atoms with Crippen LogP contribution in [0.15, 0.2) is 22.6 Å². The molecule has 118 valence electrons. The van der Waals surface area contributed by atoms with Crippen molar-refractivity contribution in [2.24, 2.45) is 0 Å². The van der Waals surface area contributed by atoms with Crippen molar-refractivity contribution < 1.29 is 18.3 Å². The first-order valence-corrected chi connectivity index (χ1v) is 8.25. The Hall–Kier alpha value is -1.60. The summed E-state index contributed by atoms with van der Waals surface area (Å²) in [5, 5.41) is 0. The van der Waals surface area contributed by atoms with Crippen molar-refractivity contribution in [3.63, 3.8) is 0 Å². The maximum atomic E-state index is 13.2. The van der Waals surface area contributed by atoms with Gasteiger partial charge in [0.25, 0.3) is 0 Å². The number of methoxy groups -OCH3 is 1. The number of esters is 1. The third-order valence-electron chi connectivity index (χ3n) is 3.71. The molecule has 1 aromatic carbocycles. The van der Waals surface area contributed by atoms with E-state index in [1.54, 1.807) is 6.07 Å².